The molecule has 26 heavy (non-hydrogen) atoms. The molecule has 2 aliphatic heterocycles. The molecular formula is C19H30N4O3. The van der Waals surface area contributed by atoms with E-state index in [1.807, 2.05) is 0 Å². The van der Waals surface area contributed by atoms with Gasteiger partial charge in [-0.25, -0.2) is 0 Å². The largest absolute Gasteiger partial charge is 0.379 e. The summed E-state index contributed by atoms with van der Waals surface area (Å²) >= 11 is 0. The first kappa shape index (κ1) is 17.9. The van der Waals surface area contributed by atoms with Crippen LogP contribution in [0.15, 0.2) is 4.52 Å². The number of ether oxygens (including phenoxy) is 1. The molecule has 7 nitrogen and oxygen atoms in total. The number of hydrogen-bond acceptors (Lipinski definition) is 6. The zero-order chi connectivity index (χ0) is 17.8. The molecule has 1 aliphatic carbocycles. The molecule has 144 valence electrons. The molecule has 0 aromatic carbocycles. The van der Waals surface area contributed by atoms with E-state index in [4.69, 9.17) is 9.26 Å². The first-order valence-electron chi connectivity index (χ1n) is 10.2. The van der Waals surface area contributed by atoms with Crippen LogP contribution >= 0.6 is 0 Å². The average Bonchev–Trinajstić information content (AvgIpc) is 3.14. The Bertz CT molecular complexity index is 593. The van der Waals surface area contributed by atoms with Crippen molar-refractivity contribution in [3.05, 3.63) is 11.7 Å². The fourth-order valence-corrected chi connectivity index (χ4v) is 4.43. The number of nitrogens with zero attached hydrogens (tertiary/aromatic N) is 4. The highest BCUT2D eigenvalue weighted by molar-refractivity contribution is 5.77. The second-order valence-corrected chi connectivity index (χ2v) is 7.98. The molecule has 3 aliphatic rings. The van der Waals surface area contributed by atoms with Crippen molar-refractivity contribution >= 4 is 5.91 Å². The quantitative estimate of drug-likeness (QED) is 0.800. The lowest BCUT2D eigenvalue weighted by molar-refractivity contribution is -0.134. The first-order chi connectivity index (χ1) is 12.8. The van der Waals surface area contributed by atoms with Crippen LogP contribution in [0, 0.1) is 5.92 Å². The number of piperidine rings is 1. The Morgan fingerprint density at radius 3 is 2.69 bits per heavy atom. The van der Waals surface area contributed by atoms with Gasteiger partial charge in [0, 0.05) is 32.6 Å². The molecule has 7 heteroatoms. The van der Waals surface area contributed by atoms with E-state index in [1.165, 1.54) is 32.1 Å². The molecule has 2 saturated heterocycles. The van der Waals surface area contributed by atoms with Crippen LogP contribution in [-0.4, -0.2) is 65.2 Å². The molecule has 1 atom stereocenters. The lowest BCUT2D eigenvalue weighted by Crippen LogP contribution is -2.42. The maximum atomic E-state index is 12.4. The number of rotatable bonds is 5. The average molecular weight is 362 g/mol. The van der Waals surface area contributed by atoms with Crippen molar-refractivity contribution < 1.29 is 14.1 Å². The zero-order valence-corrected chi connectivity index (χ0v) is 15.6. The van der Waals surface area contributed by atoms with E-state index < -0.39 is 0 Å². The van der Waals surface area contributed by atoms with E-state index in [0.29, 0.717) is 30.7 Å². The lowest BCUT2D eigenvalue weighted by Gasteiger charge is -2.34. The molecule has 0 bridgehead atoms. The molecule has 1 saturated carbocycles. The Hall–Kier alpha value is -1.47. The van der Waals surface area contributed by atoms with Gasteiger partial charge in [0.2, 0.25) is 11.8 Å². The summed E-state index contributed by atoms with van der Waals surface area (Å²) in [6, 6.07) is 0. The van der Waals surface area contributed by atoms with Gasteiger partial charge >= 0.3 is 0 Å². The van der Waals surface area contributed by atoms with E-state index in [9.17, 15) is 4.79 Å². The molecular weight excluding hydrogens is 332 g/mol. The maximum Gasteiger partial charge on any atom is 0.231 e. The van der Waals surface area contributed by atoms with Crippen molar-refractivity contribution in [3.8, 4) is 0 Å². The minimum atomic E-state index is 0.183. The Kier molecular flexibility index (Phi) is 5.84. The van der Waals surface area contributed by atoms with Crippen LogP contribution < -0.4 is 0 Å². The molecule has 0 unspecified atom stereocenters. The maximum absolute atomic E-state index is 12.4. The summed E-state index contributed by atoms with van der Waals surface area (Å²) in [7, 11) is 0. The summed E-state index contributed by atoms with van der Waals surface area (Å²) in [6.45, 7) is 5.72. The number of hydrogen-bond donors (Lipinski definition) is 0. The summed E-state index contributed by atoms with van der Waals surface area (Å²) < 4.78 is 10.9. The van der Waals surface area contributed by atoms with E-state index in [2.05, 4.69) is 19.9 Å². The minimum Gasteiger partial charge on any atom is -0.379 e. The van der Waals surface area contributed by atoms with Gasteiger partial charge in [-0.3, -0.25) is 9.69 Å². The monoisotopic (exact) mass is 362 g/mol. The summed E-state index contributed by atoms with van der Waals surface area (Å²) in [6.07, 6.45) is 7.91. The van der Waals surface area contributed by atoms with Crippen molar-refractivity contribution in [1.82, 2.24) is 19.9 Å². The first-order valence-corrected chi connectivity index (χ1v) is 10.2. The molecule has 3 fully saturated rings. The molecule has 1 aromatic rings. The van der Waals surface area contributed by atoms with Crippen molar-refractivity contribution in [1.29, 1.82) is 0 Å². The molecule has 4 rings (SSSR count). The Balaban J connectivity index is 1.34. The third-order valence-corrected chi connectivity index (χ3v) is 6.01. The number of amides is 1. The number of aromatic nitrogens is 2. The van der Waals surface area contributed by atoms with Crippen LogP contribution in [0.3, 0.4) is 0 Å². The molecule has 0 radical (unpaired) electrons. The predicted octanol–water partition coefficient (Wildman–Crippen LogP) is 2.19. The van der Waals surface area contributed by atoms with E-state index in [0.717, 1.165) is 51.6 Å². The van der Waals surface area contributed by atoms with Gasteiger partial charge in [0.15, 0.2) is 5.82 Å². The van der Waals surface area contributed by atoms with Crippen molar-refractivity contribution in [2.45, 2.75) is 57.4 Å². The topological polar surface area (TPSA) is 71.7 Å². The minimum absolute atomic E-state index is 0.183. The number of carbonyl (C=O) groups excluding carboxylic acids is 1. The van der Waals surface area contributed by atoms with Gasteiger partial charge in [-0.15, -0.1) is 0 Å². The van der Waals surface area contributed by atoms with Crippen LogP contribution in [0.4, 0.5) is 0 Å². The Morgan fingerprint density at radius 1 is 1.08 bits per heavy atom. The Labute approximate surface area is 155 Å². The third kappa shape index (κ3) is 4.43. The van der Waals surface area contributed by atoms with Crippen LogP contribution in [0.25, 0.3) is 0 Å². The van der Waals surface area contributed by atoms with Crippen molar-refractivity contribution in [2.75, 3.05) is 39.4 Å². The summed E-state index contributed by atoms with van der Waals surface area (Å²) in [5.74, 6) is 2.60. The van der Waals surface area contributed by atoms with Gasteiger partial charge in [0.05, 0.1) is 25.7 Å². The van der Waals surface area contributed by atoms with Gasteiger partial charge in [0.1, 0.15) is 0 Å². The van der Waals surface area contributed by atoms with Gasteiger partial charge in [-0.05, 0) is 25.2 Å². The third-order valence-electron chi connectivity index (χ3n) is 6.01. The van der Waals surface area contributed by atoms with Crippen LogP contribution in [-0.2, 0) is 16.1 Å². The second-order valence-electron chi connectivity index (χ2n) is 7.98. The molecule has 0 N–H and O–H groups in total. The van der Waals surface area contributed by atoms with Crippen molar-refractivity contribution in [3.63, 3.8) is 0 Å². The van der Waals surface area contributed by atoms with E-state index >= 15 is 0 Å². The smallest absolute Gasteiger partial charge is 0.231 e. The second kappa shape index (κ2) is 8.48. The molecule has 3 heterocycles. The van der Waals surface area contributed by atoms with Crippen molar-refractivity contribution in [2.24, 2.45) is 5.92 Å². The van der Waals surface area contributed by atoms with E-state index in [-0.39, 0.29) is 5.92 Å². The zero-order valence-electron chi connectivity index (χ0n) is 15.6. The van der Waals surface area contributed by atoms with E-state index in [1.54, 1.807) is 0 Å². The fourth-order valence-electron chi connectivity index (χ4n) is 4.43. The SMILES string of the molecule is O=C1CC[C@H](c2nc(CN3CCOCC3)no2)CN1CC1CCCCC1. The number of morpholine rings is 1. The van der Waals surface area contributed by atoms with Gasteiger partial charge in [0.25, 0.3) is 0 Å². The van der Waals surface area contributed by atoms with Crippen LogP contribution in [0.5, 0.6) is 0 Å². The Morgan fingerprint density at radius 2 is 1.88 bits per heavy atom. The summed E-state index contributed by atoms with van der Waals surface area (Å²) in [5.41, 5.74) is 0. The van der Waals surface area contributed by atoms with Crippen LogP contribution in [0.1, 0.15) is 62.6 Å². The lowest BCUT2D eigenvalue weighted by atomic mass is 9.87. The normalized spacial score (nSPS) is 26.4. The van der Waals surface area contributed by atoms with Gasteiger partial charge in [-0.2, -0.15) is 4.98 Å². The van der Waals surface area contributed by atoms with Gasteiger partial charge in [-0.1, -0.05) is 24.4 Å². The molecule has 0 spiro atoms. The fraction of sp³-hybridized carbons (Fsp3) is 0.842. The number of carbonyl (C=O) groups is 1. The summed E-state index contributed by atoms with van der Waals surface area (Å²) in [4.78, 5) is 21.3. The highest BCUT2D eigenvalue weighted by Crippen LogP contribution is 2.30. The number of likely N-dealkylation sites (tertiary alicyclic amines) is 1. The predicted molar refractivity (Wildman–Crippen MR) is 95.5 cm³/mol. The molecule has 1 aromatic heterocycles. The van der Waals surface area contributed by atoms with Crippen LogP contribution in [0.2, 0.25) is 0 Å². The molecule has 1 amide bonds. The highest BCUT2D eigenvalue weighted by atomic mass is 16.5. The highest BCUT2D eigenvalue weighted by Gasteiger charge is 2.32. The summed E-state index contributed by atoms with van der Waals surface area (Å²) in [5, 5.41) is 4.17. The van der Waals surface area contributed by atoms with Gasteiger partial charge < -0.3 is 14.2 Å². The standard InChI is InChI=1S/C19H30N4O3/c24-18-7-6-16(13-23(18)12-15-4-2-1-3-5-15)19-20-17(21-26-19)14-22-8-10-25-11-9-22/h15-16H,1-14H2/t16-/m0/s1.